The highest BCUT2D eigenvalue weighted by Gasteiger charge is 2.40. The van der Waals surface area contributed by atoms with Crippen LogP contribution in [0.15, 0.2) is 53.1 Å². The van der Waals surface area contributed by atoms with Gasteiger partial charge < -0.3 is 19.1 Å². The first-order chi connectivity index (χ1) is 13.1. The van der Waals surface area contributed by atoms with E-state index >= 15 is 0 Å². The summed E-state index contributed by atoms with van der Waals surface area (Å²) in [5.74, 6) is -0.764. The van der Waals surface area contributed by atoms with Gasteiger partial charge in [-0.25, -0.2) is 0 Å². The van der Waals surface area contributed by atoms with Crippen LogP contribution < -0.4 is 4.90 Å². The summed E-state index contributed by atoms with van der Waals surface area (Å²) in [5.41, 5.74) is 0.826. The van der Waals surface area contributed by atoms with E-state index in [-0.39, 0.29) is 17.7 Å². The van der Waals surface area contributed by atoms with Crippen molar-refractivity contribution < 1.29 is 18.8 Å². The Morgan fingerprint density at radius 1 is 0.889 bits per heavy atom. The summed E-state index contributed by atoms with van der Waals surface area (Å²) in [5, 5.41) is 0. The van der Waals surface area contributed by atoms with Gasteiger partial charge in [0.2, 0.25) is 11.8 Å². The molecule has 2 aromatic rings. The van der Waals surface area contributed by atoms with Crippen molar-refractivity contribution in [2.75, 3.05) is 37.6 Å². The lowest BCUT2D eigenvalue weighted by Gasteiger charge is -2.35. The minimum atomic E-state index is -0.627. The number of hydrogen-bond acceptors (Lipinski definition) is 4. The van der Waals surface area contributed by atoms with E-state index in [0.717, 1.165) is 5.69 Å². The first-order valence-corrected chi connectivity index (χ1v) is 9.13. The maximum atomic E-state index is 12.8. The lowest BCUT2D eigenvalue weighted by Crippen LogP contribution is -2.52. The molecule has 0 bridgehead atoms. The van der Waals surface area contributed by atoms with Crippen molar-refractivity contribution in [1.29, 1.82) is 0 Å². The fraction of sp³-hybridized carbons (Fsp3) is 0.350. The molecule has 2 aliphatic heterocycles. The summed E-state index contributed by atoms with van der Waals surface area (Å²) < 4.78 is 5.15. The molecule has 4 rings (SSSR count). The third-order valence-electron chi connectivity index (χ3n) is 5.18. The zero-order chi connectivity index (χ0) is 18.8. The molecule has 2 saturated heterocycles. The average molecular weight is 367 g/mol. The average Bonchev–Trinajstić information content (AvgIpc) is 3.38. The molecular weight excluding hydrogens is 346 g/mol. The van der Waals surface area contributed by atoms with Crippen LogP contribution in [0.2, 0.25) is 0 Å². The molecule has 7 heteroatoms. The maximum absolute atomic E-state index is 12.8. The van der Waals surface area contributed by atoms with E-state index in [1.54, 1.807) is 26.8 Å². The Morgan fingerprint density at radius 3 is 2.26 bits per heavy atom. The topological polar surface area (TPSA) is 74.1 Å². The standard InChI is InChI=1S/C20H21N3O4/c24-18(16-8-9-23(19(16)25)15-5-2-1-3-6-15)21-10-12-22(13-11-21)20(26)17-7-4-14-27-17/h1-7,14,16H,8-13H2. The van der Waals surface area contributed by atoms with E-state index in [2.05, 4.69) is 0 Å². The minimum Gasteiger partial charge on any atom is -0.459 e. The van der Waals surface area contributed by atoms with Crippen LogP contribution in [-0.2, 0) is 9.59 Å². The smallest absolute Gasteiger partial charge is 0.289 e. The molecule has 1 aromatic carbocycles. The molecule has 27 heavy (non-hydrogen) atoms. The number of benzene rings is 1. The molecule has 1 atom stereocenters. The number of carbonyl (C=O) groups is 3. The van der Waals surface area contributed by atoms with E-state index < -0.39 is 5.92 Å². The molecule has 3 amide bonds. The normalized spacial score (nSPS) is 20.2. The molecule has 7 nitrogen and oxygen atoms in total. The van der Waals surface area contributed by atoms with Crippen LogP contribution in [0.25, 0.3) is 0 Å². The van der Waals surface area contributed by atoms with Crippen LogP contribution in [-0.4, -0.2) is 60.2 Å². The van der Waals surface area contributed by atoms with Crippen molar-refractivity contribution >= 4 is 23.4 Å². The Bertz CT molecular complexity index is 826. The molecule has 140 valence electrons. The lowest BCUT2D eigenvalue weighted by atomic mass is 10.1. The Morgan fingerprint density at radius 2 is 1.59 bits per heavy atom. The number of hydrogen-bond donors (Lipinski definition) is 0. The number of furan rings is 1. The number of nitrogens with zero attached hydrogens (tertiary/aromatic N) is 3. The van der Waals surface area contributed by atoms with E-state index in [1.165, 1.54) is 6.26 Å². The number of rotatable bonds is 3. The molecule has 1 aromatic heterocycles. The largest absolute Gasteiger partial charge is 0.459 e. The second kappa shape index (κ2) is 7.26. The number of piperazine rings is 1. The molecule has 0 N–H and O–H groups in total. The molecule has 2 aliphatic rings. The van der Waals surface area contributed by atoms with Gasteiger partial charge in [-0.3, -0.25) is 14.4 Å². The van der Waals surface area contributed by atoms with Crippen LogP contribution in [0.5, 0.6) is 0 Å². The van der Waals surface area contributed by atoms with Crippen molar-refractivity contribution in [2.45, 2.75) is 6.42 Å². The molecule has 0 spiro atoms. The highest BCUT2D eigenvalue weighted by molar-refractivity contribution is 6.09. The van der Waals surface area contributed by atoms with Gasteiger partial charge in [-0.15, -0.1) is 0 Å². The summed E-state index contributed by atoms with van der Waals surface area (Å²) in [4.78, 5) is 42.9. The first kappa shape index (κ1) is 17.3. The summed E-state index contributed by atoms with van der Waals surface area (Å²) in [6.07, 6.45) is 2.00. The van der Waals surface area contributed by atoms with Gasteiger partial charge in [0, 0.05) is 38.4 Å². The molecule has 0 radical (unpaired) electrons. The molecular formula is C20H21N3O4. The minimum absolute atomic E-state index is 0.136. The Kier molecular flexibility index (Phi) is 4.66. The molecule has 3 heterocycles. The van der Waals surface area contributed by atoms with Crippen LogP contribution >= 0.6 is 0 Å². The third kappa shape index (κ3) is 3.32. The van der Waals surface area contributed by atoms with E-state index in [0.29, 0.717) is 44.9 Å². The second-order valence-corrected chi connectivity index (χ2v) is 6.76. The van der Waals surface area contributed by atoms with Gasteiger partial charge >= 0.3 is 0 Å². The van der Waals surface area contributed by atoms with Gasteiger partial charge in [-0.1, -0.05) is 18.2 Å². The van der Waals surface area contributed by atoms with Crippen LogP contribution in [0.3, 0.4) is 0 Å². The van der Waals surface area contributed by atoms with Crippen molar-refractivity contribution in [3.63, 3.8) is 0 Å². The van der Waals surface area contributed by atoms with Crippen molar-refractivity contribution in [1.82, 2.24) is 9.80 Å². The maximum Gasteiger partial charge on any atom is 0.289 e. The lowest BCUT2D eigenvalue weighted by molar-refractivity contribution is -0.141. The predicted octanol–water partition coefficient (Wildman–Crippen LogP) is 1.62. The van der Waals surface area contributed by atoms with Crippen LogP contribution in [0.1, 0.15) is 17.0 Å². The Labute approximate surface area is 157 Å². The van der Waals surface area contributed by atoms with Gasteiger partial charge in [-0.2, -0.15) is 0 Å². The highest BCUT2D eigenvalue weighted by atomic mass is 16.3. The van der Waals surface area contributed by atoms with E-state index in [1.807, 2.05) is 30.3 Å². The molecule has 1 unspecified atom stereocenters. The summed E-state index contributed by atoms with van der Waals surface area (Å²) >= 11 is 0. The van der Waals surface area contributed by atoms with Gasteiger partial charge in [0.05, 0.1) is 6.26 Å². The second-order valence-electron chi connectivity index (χ2n) is 6.76. The quantitative estimate of drug-likeness (QED) is 0.773. The molecule has 0 aliphatic carbocycles. The van der Waals surface area contributed by atoms with E-state index in [4.69, 9.17) is 4.42 Å². The highest BCUT2D eigenvalue weighted by Crippen LogP contribution is 2.26. The zero-order valence-electron chi connectivity index (χ0n) is 14.9. The number of anilines is 1. The summed E-state index contributed by atoms with van der Waals surface area (Å²) in [7, 11) is 0. The Balaban J connectivity index is 1.36. The SMILES string of the molecule is O=C(c1ccco1)N1CCN(C(=O)C2CCN(c3ccccc3)C2=O)CC1. The Hall–Kier alpha value is -3.09. The first-order valence-electron chi connectivity index (χ1n) is 9.13. The van der Waals surface area contributed by atoms with Gasteiger partial charge in [0.1, 0.15) is 5.92 Å². The van der Waals surface area contributed by atoms with Gasteiger partial charge in [0.25, 0.3) is 5.91 Å². The number of amides is 3. The van der Waals surface area contributed by atoms with Gasteiger partial charge in [-0.05, 0) is 30.7 Å². The van der Waals surface area contributed by atoms with Crippen LogP contribution in [0.4, 0.5) is 5.69 Å². The number of para-hydroxylation sites is 1. The van der Waals surface area contributed by atoms with E-state index in [9.17, 15) is 14.4 Å². The molecule has 0 saturated carbocycles. The molecule has 2 fully saturated rings. The zero-order valence-corrected chi connectivity index (χ0v) is 14.9. The van der Waals surface area contributed by atoms with Crippen molar-refractivity contribution in [3.8, 4) is 0 Å². The van der Waals surface area contributed by atoms with Gasteiger partial charge in [0.15, 0.2) is 5.76 Å². The third-order valence-corrected chi connectivity index (χ3v) is 5.18. The fourth-order valence-electron chi connectivity index (χ4n) is 3.68. The fourth-order valence-corrected chi connectivity index (χ4v) is 3.68. The summed E-state index contributed by atoms with van der Waals surface area (Å²) in [6.45, 7) is 2.29. The monoisotopic (exact) mass is 367 g/mol. The van der Waals surface area contributed by atoms with Crippen molar-refractivity contribution in [3.05, 3.63) is 54.5 Å². The number of carbonyl (C=O) groups excluding carboxylic acids is 3. The summed E-state index contributed by atoms with van der Waals surface area (Å²) in [6, 6.07) is 12.7. The van der Waals surface area contributed by atoms with Crippen molar-refractivity contribution in [2.24, 2.45) is 5.92 Å². The van der Waals surface area contributed by atoms with Crippen LogP contribution in [0, 0.1) is 5.92 Å². The predicted molar refractivity (Wildman–Crippen MR) is 98.1 cm³/mol.